The maximum Gasteiger partial charge on any atom is 0.0341 e. The number of rotatable bonds is 1. The van der Waals surface area contributed by atoms with Crippen LogP contribution in [0.5, 0.6) is 0 Å². The van der Waals surface area contributed by atoms with E-state index in [2.05, 4.69) is 27.0 Å². The summed E-state index contributed by atoms with van der Waals surface area (Å²) >= 11 is 3.35. The fourth-order valence-electron chi connectivity index (χ4n) is 1.09. The molecule has 1 aromatic carbocycles. The molecular formula is C11H7BrIrN-. The molecule has 73 valence electrons. The van der Waals surface area contributed by atoms with E-state index in [-0.39, 0.29) is 20.1 Å². The van der Waals surface area contributed by atoms with Crippen LogP contribution in [0.1, 0.15) is 0 Å². The largest absolute Gasteiger partial charge is 0.304 e. The smallest absolute Gasteiger partial charge is 0.0341 e. The molecule has 0 saturated carbocycles. The quantitative estimate of drug-likeness (QED) is 0.640. The van der Waals surface area contributed by atoms with Gasteiger partial charge in [0.25, 0.3) is 0 Å². The van der Waals surface area contributed by atoms with Gasteiger partial charge < -0.3 is 4.98 Å². The number of benzene rings is 1. The van der Waals surface area contributed by atoms with Gasteiger partial charge in [0.1, 0.15) is 0 Å². The van der Waals surface area contributed by atoms with E-state index in [9.17, 15) is 0 Å². The Hall–Kier alpha value is -0.501. The van der Waals surface area contributed by atoms with Crippen molar-refractivity contribution in [1.29, 1.82) is 0 Å². The zero-order valence-electron chi connectivity index (χ0n) is 7.20. The van der Waals surface area contributed by atoms with Crippen LogP contribution in [0.3, 0.4) is 0 Å². The molecule has 14 heavy (non-hydrogen) atoms. The van der Waals surface area contributed by atoms with Gasteiger partial charge in [-0.25, -0.2) is 0 Å². The van der Waals surface area contributed by atoms with E-state index in [0.717, 1.165) is 15.7 Å². The van der Waals surface area contributed by atoms with Crippen molar-refractivity contribution in [2.24, 2.45) is 0 Å². The molecule has 0 amide bonds. The Balaban J connectivity index is 0.000000980. The first kappa shape index (κ1) is 11.6. The van der Waals surface area contributed by atoms with E-state index < -0.39 is 0 Å². The zero-order chi connectivity index (χ0) is 9.10. The van der Waals surface area contributed by atoms with E-state index in [4.69, 9.17) is 0 Å². The average molecular weight is 425 g/mol. The third kappa shape index (κ3) is 2.74. The van der Waals surface area contributed by atoms with Gasteiger partial charge in [-0.2, -0.15) is 0 Å². The number of aromatic nitrogens is 1. The van der Waals surface area contributed by atoms with Crippen molar-refractivity contribution in [3.63, 3.8) is 0 Å². The number of hydrogen-bond acceptors (Lipinski definition) is 1. The fourth-order valence-corrected chi connectivity index (χ4v) is 1.32. The molecule has 2 aromatic rings. The van der Waals surface area contributed by atoms with Crippen LogP contribution in [0, 0.1) is 6.07 Å². The number of pyridine rings is 1. The Bertz CT molecular complexity index is 386. The summed E-state index contributed by atoms with van der Waals surface area (Å²) in [6, 6.07) is 14.9. The first-order valence-electron chi connectivity index (χ1n) is 3.95. The average Bonchev–Trinajstić information content (AvgIpc) is 2.20. The molecule has 0 aliphatic rings. The van der Waals surface area contributed by atoms with Crippen molar-refractivity contribution in [2.45, 2.75) is 0 Å². The molecule has 1 radical (unpaired) electrons. The van der Waals surface area contributed by atoms with Gasteiger partial charge in [-0.1, -0.05) is 12.1 Å². The molecule has 1 nitrogen and oxygen atoms in total. The van der Waals surface area contributed by atoms with Crippen molar-refractivity contribution < 1.29 is 20.1 Å². The van der Waals surface area contributed by atoms with Crippen LogP contribution in [0.15, 0.2) is 47.1 Å². The number of nitrogens with zero attached hydrogens (tertiary/aromatic N) is 1. The molecular weight excluding hydrogens is 418 g/mol. The third-order valence-electron chi connectivity index (χ3n) is 1.71. The van der Waals surface area contributed by atoms with Gasteiger partial charge in [-0.05, 0) is 21.6 Å². The van der Waals surface area contributed by atoms with Gasteiger partial charge in [0, 0.05) is 30.8 Å². The van der Waals surface area contributed by atoms with Crippen molar-refractivity contribution in [3.8, 4) is 11.3 Å². The summed E-state index contributed by atoms with van der Waals surface area (Å²) in [6.45, 7) is 0. The van der Waals surface area contributed by atoms with Gasteiger partial charge in [-0.15, -0.1) is 35.9 Å². The third-order valence-corrected chi connectivity index (χ3v) is 2.18. The van der Waals surface area contributed by atoms with Crippen molar-refractivity contribution >= 4 is 15.9 Å². The Kier molecular flexibility index (Phi) is 4.46. The van der Waals surface area contributed by atoms with E-state index >= 15 is 0 Å². The summed E-state index contributed by atoms with van der Waals surface area (Å²) in [5.74, 6) is 0. The topological polar surface area (TPSA) is 12.9 Å². The number of halogens is 1. The molecule has 0 aliphatic carbocycles. The van der Waals surface area contributed by atoms with Gasteiger partial charge in [0.2, 0.25) is 0 Å². The van der Waals surface area contributed by atoms with E-state index in [0.29, 0.717) is 0 Å². The molecule has 1 heterocycles. The summed E-state index contributed by atoms with van der Waals surface area (Å²) in [6.07, 6.45) is 1.79. The molecule has 0 spiro atoms. The molecule has 3 heteroatoms. The fraction of sp³-hybridized carbons (Fsp3) is 0. The first-order chi connectivity index (χ1) is 6.36. The van der Waals surface area contributed by atoms with Crippen LogP contribution in [-0.4, -0.2) is 4.98 Å². The summed E-state index contributed by atoms with van der Waals surface area (Å²) in [5, 5.41) is 0. The Morgan fingerprint density at radius 1 is 1.14 bits per heavy atom. The zero-order valence-corrected chi connectivity index (χ0v) is 11.2. The monoisotopic (exact) mass is 425 g/mol. The van der Waals surface area contributed by atoms with E-state index in [1.807, 2.05) is 36.4 Å². The van der Waals surface area contributed by atoms with Gasteiger partial charge in [0.05, 0.1) is 0 Å². The molecule has 1 aromatic heterocycles. The van der Waals surface area contributed by atoms with Crippen molar-refractivity contribution in [2.75, 3.05) is 0 Å². The normalized spacial score (nSPS) is 9.21. The first-order valence-corrected chi connectivity index (χ1v) is 4.74. The summed E-state index contributed by atoms with van der Waals surface area (Å²) in [5.41, 5.74) is 1.97. The van der Waals surface area contributed by atoms with Crippen LogP contribution in [0.2, 0.25) is 0 Å². The van der Waals surface area contributed by atoms with Gasteiger partial charge >= 0.3 is 0 Å². The standard InChI is InChI=1S/C11H7BrN.Ir/c12-10-6-7-11(13-8-10)9-4-2-1-3-5-9;/h1-4,6-8H;/q-1;. The molecule has 0 bridgehead atoms. The Morgan fingerprint density at radius 3 is 2.57 bits per heavy atom. The molecule has 0 atom stereocenters. The maximum atomic E-state index is 4.27. The summed E-state index contributed by atoms with van der Waals surface area (Å²) in [7, 11) is 0. The van der Waals surface area contributed by atoms with Crippen LogP contribution in [0.25, 0.3) is 11.3 Å². The second kappa shape index (κ2) is 5.40. The Morgan fingerprint density at radius 2 is 2.00 bits per heavy atom. The second-order valence-corrected chi connectivity index (χ2v) is 3.55. The van der Waals surface area contributed by atoms with Crippen LogP contribution in [0.4, 0.5) is 0 Å². The van der Waals surface area contributed by atoms with Crippen molar-refractivity contribution in [3.05, 3.63) is 53.1 Å². The minimum atomic E-state index is 0. The minimum absolute atomic E-state index is 0. The van der Waals surface area contributed by atoms with E-state index in [1.165, 1.54) is 0 Å². The molecule has 0 fully saturated rings. The summed E-state index contributed by atoms with van der Waals surface area (Å²) in [4.78, 5) is 4.27. The molecule has 0 aliphatic heterocycles. The molecule has 0 saturated heterocycles. The van der Waals surface area contributed by atoms with Crippen LogP contribution >= 0.6 is 15.9 Å². The van der Waals surface area contributed by atoms with Gasteiger partial charge in [-0.3, -0.25) is 0 Å². The van der Waals surface area contributed by atoms with E-state index in [1.54, 1.807) is 6.20 Å². The molecule has 0 unspecified atom stereocenters. The van der Waals surface area contributed by atoms with Crippen molar-refractivity contribution in [1.82, 2.24) is 4.98 Å². The molecule has 2 rings (SSSR count). The maximum absolute atomic E-state index is 4.27. The predicted octanol–water partition coefficient (Wildman–Crippen LogP) is 3.31. The second-order valence-electron chi connectivity index (χ2n) is 2.64. The minimum Gasteiger partial charge on any atom is -0.304 e. The van der Waals surface area contributed by atoms with Gasteiger partial charge in [0.15, 0.2) is 0 Å². The molecule has 0 N–H and O–H groups in total. The SMILES string of the molecule is Brc1ccc(-c2[c-]cccc2)nc1.[Ir]. The summed E-state index contributed by atoms with van der Waals surface area (Å²) < 4.78 is 0.993. The Labute approximate surface area is 105 Å². The van der Waals surface area contributed by atoms with Crippen LogP contribution < -0.4 is 0 Å². The van der Waals surface area contributed by atoms with Crippen LogP contribution in [-0.2, 0) is 20.1 Å². The predicted molar refractivity (Wildman–Crippen MR) is 56.2 cm³/mol. The number of hydrogen-bond donors (Lipinski definition) is 0.